The van der Waals surface area contributed by atoms with Crippen LogP contribution in [0.5, 0.6) is 0 Å². The van der Waals surface area contributed by atoms with Crippen LogP contribution in [0.4, 0.5) is 5.95 Å². The average molecular weight is 300 g/mol. The molecule has 0 aromatic carbocycles. The zero-order valence-electron chi connectivity index (χ0n) is 9.43. The van der Waals surface area contributed by atoms with Gasteiger partial charge in [-0.05, 0) is 15.9 Å². The van der Waals surface area contributed by atoms with Gasteiger partial charge in [0.05, 0.1) is 24.2 Å². The van der Waals surface area contributed by atoms with Crippen LogP contribution in [-0.2, 0) is 9.47 Å². The summed E-state index contributed by atoms with van der Waals surface area (Å²) in [7, 11) is 0. The van der Waals surface area contributed by atoms with E-state index >= 15 is 0 Å². The van der Waals surface area contributed by atoms with E-state index in [2.05, 4.69) is 30.8 Å². The van der Waals surface area contributed by atoms with Gasteiger partial charge >= 0.3 is 0 Å². The van der Waals surface area contributed by atoms with Gasteiger partial charge < -0.3 is 14.4 Å². The first-order valence-corrected chi connectivity index (χ1v) is 6.51. The van der Waals surface area contributed by atoms with E-state index in [4.69, 9.17) is 9.47 Å². The van der Waals surface area contributed by atoms with E-state index in [0.29, 0.717) is 13.2 Å². The molecule has 0 bridgehead atoms. The Labute approximate surface area is 108 Å². The van der Waals surface area contributed by atoms with Gasteiger partial charge in [0.1, 0.15) is 5.60 Å². The number of aromatic nitrogens is 2. The molecule has 2 saturated heterocycles. The molecular weight excluding hydrogens is 286 g/mol. The van der Waals surface area contributed by atoms with E-state index in [-0.39, 0.29) is 5.60 Å². The van der Waals surface area contributed by atoms with Crippen molar-refractivity contribution >= 4 is 21.9 Å². The first-order valence-electron chi connectivity index (χ1n) is 5.72. The number of halogens is 1. The Morgan fingerprint density at radius 2 is 2.12 bits per heavy atom. The van der Waals surface area contributed by atoms with E-state index in [9.17, 15) is 0 Å². The van der Waals surface area contributed by atoms with Crippen LogP contribution in [0, 0.1) is 0 Å². The van der Waals surface area contributed by atoms with Crippen LogP contribution in [-0.4, -0.2) is 48.5 Å². The molecule has 2 aliphatic heterocycles. The number of nitrogens with zero attached hydrogens (tertiary/aromatic N) is 3. The Balaban J connectivity index is 1.77. The van der Waals surface area contributed by atoms with Crippen LogP contribution in [0.3, 0.4) is 0 Å². The summed E-state index contributed by atoms with van der Waals surface area (Å²) in [5, 5.41) is 0. The second kappa shape index (κ2) is 4.51. The van der Waals surface area contributed by atoms with Crippen LogP contribution in [0.15, 0.2) is 16.9 Å². The third-order valence-electron chi connectivity index (χ3n) is 3.21. The van der Waals surface area contributed by atoms with Crippen molar-refractivity contribution in [2.45, 2.75) is 12.0 Å². The summed E-state index contributed by atoms with van der Waals surface area (Å²) in [5.41, 5.74) is -0.144. The first kappa shape index (κ1) is 11.4. The predicted molar refractivity (Wildman–Crippen MR) is 66.1 cm³/mol. The highest BCUT2D eigenvalue weighted by atomic mass is 79.9. The topological polar surface area (TPSA) is 47.5 Å². The minimum atomic E-state index is -0.144. The van der Waals surface area contributed by atoms with E-state index in [1.807, 2.05) is 0 Å². The van der Waals surface area contributed by atoms with Crippen molar-refractivity contribution in [2.75, 3.05) is 37.8 Å². The maximum absolute atomic E-state index is 5.87. The lowest BCUT2D eigenvalue weighted by Crippen LogP contribution is -2.52. The molecule has 1 aromatic heterocycles. The summed E-state index contributed by atoms with van der Waals surface area (Å²) in [4.78, 5) is 10.8. The quantitative estimate of drug-likeness (QED) is 0.781. The molecule has 6 heteroatoms. The molecule has 2 aliphatic rings. The Hall–Kier alpha value is -0.720. The molecule has 0 aliphatic carbocycles. The Morgan fingerprint density at radius 1 is 1.29 bits per heavy atom. The molecular formula is C11H14BrN3O2. The fourth-order valence-corrected chi connectivity index (χ4v) is 2.52. The first-order chi connectivity index (χ1) is 8.27. The third kappa shape index (κ3) is 2.29. The molecule has 92 valence electrons. The summed E-state index contributed by atoms with van der Waals surface area (Å²) in [6.45, 7) is 3.83. The molecule has 1 atom stereocenters. The monoisotopic (exact) mass is 299 g/mol. The van der Waals surface area contributed by atoms with Gasteiger partial charge in [0.15, 0.2) is 0 Å². The van der Waals surface area contributed by atoms with Gasteiger partial charge in [-0.1, -0.05) is 0 Å². The maximum atomic E-state index is 5.87. The second-order valence-electron chi connectivity index (χ2n) is 4.46. The highest BCUT2D eigenvalue weighted by Gasteiger charge is 2.41. The standard InChI is InChI=1S/C11H14BrN3O2/c12-9-5-13-10(14-6-9)15-2-4-17-11(7-15)1-3-16-8-11/h5-6H,1-4,7-8H2. The number of hydrogen-bond acceptors (Lipinski definition) is 5. The Kier molecular flexibility index (Phi) is 3.02. The van der Waals surface area contributed by atoms with Crippen molar-refractivity contribution in [1.82, 2.24) is 9.97 Å². The van der Waals surface area contributed by atoms with E-state index in [1.54, 1.807) is 12.4 Å². The third-order valence-corrected chi connectivity index (χ3v) is 3.61. The molecule has 5 nitrogen and oxygen atoms in total. The fraction of sp³-hybridized carbons (Fsp3) is 0.636. The number of morpholine rings is 1. The van der Waals surface area contributed by atoms with Crippen molar-refractivity contribution in [3.63, 3.8) is 0 Å². The van der Waals surface area contributed by atoms with Crippen molar-refractivity contribution in [2.24, 2.45) is 0 Å². The van der Waals surface area contributed by atoms with Gasteiger partial charge in [0.2, 0.25) is 5.95 Å². The largest absolute Gasteiger partial charge is 0.378 e. The predicted octanol–water partition coefficient (Wildman–Crippen LogP) is 1.23. The summed E-state index contributed by atoms with van der Waals surface area (Å²) in [5.74, 6) is 0.766. The zero-order chi connectivity index (χ0) is 11.7. The van der Waals surface area contributed by atoms with Crippen LogP contribution in [0.1, 0.15) is 6.42 Å². The van der Waals surface area contributed by atoms with Crippen molar-refractivity contribution in [3.8, 4) is 0 Å². The number of rotatable bonds is 1. The molecule has 2 fully saturated rings. The lowest BCUT2D eigenvalue weighted by molar-refractivity contribution is -0.0583. The van der Waals surface area contributed by atoms with Gasteiger partial charge in [-0.2, -0.15) is 0 Å². The summed E-state index contributed by atoms with van der Waals surface area (Å²) in [6.07, 6.45) is 4.51. The van der Waals surface area contributed by atoms with Gasteiger partial charge in [-0.15, -0.1) is 0 Å². The van der Waals surface area contributed by atoms with E-state index < -0.39 is 0 Å². The minimum Gasteiger partial charge on any atom is -0.378 e. The molecule has 0 radical (unpaired) electrons. The maximum Gasteiger partial charge on any atom is 0.225 e. The summed E-state index contributed by atoms with van der Waals surface area (Å²) in [6, 6.07) is 0. The van der Waals surface area contributed by atoms with Gasteiger partial charge in [0.25, 0.3) is 0 Å². The molecule has 1 aromatic rings. The number of hydrogen-bond donors (Lipinski definition) is 0. The summed E-state index contributed by atoms with van der Waals surface area (Å²) >= 11 is 3.34. The van der Waals surface area contributed by atoms with Gasteiger partial charge in [0, 0.05) is 32.0 Å². The molecule has 1 spiro atoms. The van der Waals surface area contributed by atoms with Crippen LogP contribution in [0.2, 0.25) is 0 Å². The van der Waals surface area contributed by atoms with Crippen LogP contribution < -0.4 is 4.90 Å². The minimum absolute atomic E-state index is 0.144. The van der Waals surface area contributed by atoms with Crippen molar-refractivity contribution in [1.29, 1.82) is 0 Å². The summed E-state index contributed by atoms with van der Waals surface area (Å²) < 4.78 is 12.2. The highest BCUT2D eigenvalue weighted by molar-refractivity contribution is 9.10. The molecule has 0 N–H and O–H groups in total. The van der Waals surface area contributed by atoms with Crippen molar-refractivity contribution < 1.29 is 9.47 Å². The SMILES string of the molecule is Brc1cnc(N2CCOC3(CCOC3)C2)nc1. The highest BCUT2D eigenvalue weighted by Crippen LogP contribution is 2.28. The second-order valence-corrected chi connectivity index (χ2v) is 5.37. The lowest BCUT2D eigenvalue weighted by Gasteiger charge is -2.39. The Bertz CT molecular complexity index is 392. The molecule has 0 amide bonds. The van der Waals surface area contributed by atoms with Gasteiger partial charge in [-0.3, -0.25) is 0 Å². The molecule has 3 heterocycles. The van der Waals surface area contributed by atoms with Crippen LogP contribution in [0.25, 0.3) is 0 Å². The molecule has 1 unspecified atom stereocenters. The fourth-order valence-electron chi connectivity index (χ4n) is 2.31. The number of ether oxygens (including phenoxy) is 2. The number of anilines is 1. The van der Waals surface area contributed by atoms with Gasteiger partial charge in [-0.25, -0.2) is 9.97 Å². The van der Waals surface area contributed by atoms with E-state index in [0.717, 1.165) is 36.5 Å². The average Bonchev–Trinajstić information content (AvgIpc) is 2.78. The smallest absolute Gasteiger partial charge is 0.225 e. The zero-order valence-corrected chi connectivity index (χ0v) is 11.0. The van der Waals surface area contributed by atoms with Crippen molar-refractivity contribution in [3.05, 3.63) is 16.9 Å². The molecule has 17 heavy (non-hydrogen) atoms. The van der Waals surface area contributed by atoms with E-state index in [1.165, 1.54) is 0 Å². The lowest BCUT2D eigenvalue weighted by atomic mass is 10.0. The molecule has 0 saturated carbocycles. The Morgan fingerprint density at radius 3 is 2.82 bits per heavy atom. The van der Waals surface area contributed by atoms with Crippen LogP contribution >= 0.6 is 15.9 Å². The normalized spacial score (nSPS) is 28.9. The molecule has 3 rings (SSSR count).